The zero-order valence-electron chi connectivity index (χ0n) is 14.1. The first-order chi connectivity index (χ1) is 12.1. The van der Waals surface area contributed by atoms with Gasteiger partial charge in [0.05, 0.1) is 35.1 Å². The fourth-order valence-electron chi connectivity index (χ4n) is 2.81. The van der Waals surface area contributed by atoms with Crippen molar-refractivity contribution < 1.29 is 4.79 Å². The number of carbonyl (C=O) groups excluding carboxylic acids is 1. The lowest BCUT2D eigenvalue weighted by Gasteiger charge is -2.15. The number of hydrogen-bond donors (Lipinski definition) is 1. The number of aromatic nitrogens is 2. The lowest BCUT2D eigenvalue weighted by Crippen LogP contribution is -2.27. The molecule has 1 amide bonds. The van der Waals surface area contributed by atoms with Gasteiger partial charge in [0, 0.05) is 11.3 Å². The van der Waals surface area contributed by atoms with E-state index >= 15 is 0 Å². The Labute approximate surface area is 146 Å². The predicted molar refractivity (Wildman–Crippen MR) is 95.3 cm³/mol. The van der Waals surface area contributed by atoms with Crippen molar-refractivity contribution >= 4 is 5.91 Å². The van der Waals surface area contributed by atoms with Gasteiger partial charge in [-0.3, -0.25) is 4.79 Å². The average Bonchev–Trinajstić information content (AvgIpc) is 3.03. The van der Waals surface area contributed by atoms with Gasteiger partial charge in [-0.15, -0.1) is 0 Å². The molecule has 0 aliphatic carbocycles. The second-order valence-corrected chi connectivity index (χ2v) is 5.79. The summed E-state index contributed by atoms with van der Waals surface area (Å²) in [4.78, 5) is 12.5. The smallest absolute Gasteiger partial charge is 0.253 e. The Hall–Kier alpha value is -3.39. The number of amides is 1. The van der Waals surface area contributed by atoms with E-state index in [9.17, 15) is 4.79 Å². The van der Waals surface area contributed by atoms with Crippen LogP contribution >= 0.6 is 0 Å². The van der Waals surface area contributed by atoms with Crippen molar-refractivity contribution in [3.05, 3.63) is 83.2 Å². The van der Waals surface area contributed by atoms with Crippen LogP contribution in [0.4, 0.5) is 0 Å². The molecule has 25 heavy (non-hydrogen) atoms. The zero-order valence-corrected chi connectivity index (χ0v) is 14.1. The minimum absolute atomic E-state index is 0.225. The zero-order chi connectivity index (χ0) is 17.8. The average molecular weight is 330 g/mol. The highest BCUT2D eigenvalue weighted by Crippen LogP contribution is 2.20. The van der Waals surface area contributed by atoms with E-state index in [0.29, 0.717) is 11.1 Å². The molecule has 3 rings (SSSR count). The van der Waals surface area contributed by atoms with Crippen molar-refractivity contribution in [2.24, 2.45) is 0 Å². The van der Waals surface area contributed by atoms with Gasteiger partial charge in [-0.1, -0.05) is 30.3 Å². The molecule has 0 bridgehead atoms. The van der Waals surface area contributed by atoms with E-state index in [4.69, 9.17) is 5.26 Å². The monoisotopic (exact) mass is 330 g/mol. The lowest BCUT2D eigenvalue weighted by molar-refractivity contribution is 0.0939. The number of nitriles is 1. The number of benzene rings is 2. The van der Waals surface area contributed by atoms with Gasteiger partial charge in [0.1, 0.15) is 0 Å². The largest absolute Gasteiger partial charge is 0.345 e. The third-order valence-corrected chi connectivity index (χ3v) is 4.15. The van der Waals surface area contributed by atoms with Crippen LogP contribution in [0.1, 0.15) is 40.1 Å². The summed E-state index contributed by atoms with van der Waals surface area (Å²) < 4.78 is 1.85. The second-order valence-electron chi connectivity index (χ2n) is 5.79. The van der Waals surface area contributed by atoms with Crippen LogP contribution in [0.25, 0.3) is 5.69 Å². The van der Waals surface area contributed by atoms with Gasteiger partial charge in [-0.05, 0) is 38.1 Å². The van der Waals surface area contributed by atoms with Crippen LogP contribution in [-0.2, 0) is 0 Å². The first-order valence-corrected chi connectivity index (χ1v) is 8.01. The molecule has 0 saturated heterocycles. The van der Waals surface area contributed by atoms with Crippen molar-refractivity contribution in [3.8, 4) is 11.8 Å². The summed E-state index contributed by atoms with van der Waals surface area (Å²) in [5.41, 5.74) is 3.62. The van der Waals surface area contributed by atoms with Gasteiger partial charge < -0.3 is 5.32 Å². The third kappa shape index (κ3) is 3.29. The molecular weight excluding hydrogens is 312 g/mol. The molecule has 0 aliphatic heterocycles. The van der Waals surface area contributed by atoms with Crippen LogP contribution in [-0.4, -0.2) is 15.7 Å². The van der Waals surface area contributed by atoms with Crippen molar-refractivity contribution in [1.29, 1.82) is 5.26 Å². The minimum atomic E-state index is -0.267. The standard InChI is InChI=1S/C20H18N4O/c1-14(23-20(25)18-11-7-6-8-16(18)12-21)19-13-22-24(15(19)2)17-9-4-3-5-10-17/h3-11,13-14H,1-2H3,(H,23,25). The Morgan fingerprint density at radius 2 is 1.84 bits per heavy atom. The molecule has 1 N–H and O–H groups in total. The van der Waals surface area contributed by atoms with Crippen LogP contribution in [0.5, 0.6) is 0 Å². The highest BCUT2D eigenvalue weighted by molar-refractivity contribution is 5.96. The summed E-state index contributed by atoms with van der Waals surface area (Å²) >= 11 is 0. The maximum absolute atomic E-state index is 12.5. The Kier molecular flexibility index (Phi) is 4.62. The summed E-state index contributed by atoms with van der Waals surface area (Å²) in [6.07, 6.45) is 1.77. The number of rotatable bonds is 4. The molecule has 5 heteroatoms. The second kappa shape index (κ2) is 7.02. The molecule has 1 atom stereocenters. The van der Waals surface area contributed by atoms with Crippen LogP contribution < -0.4 is 5.32 Å². The predicted octanol–water partition coefficient (Wildman–Crippen LogP) is 3.54. The van der Waals surface area contributed by atoms with E-state index in [2.05, 4.69) is 10.4 Å². The number of carbonyl (C=O) groups is 1. The maximum atomic E-state index is 12.5. The maximum Gasteiger partial charge on any atom is 0.253 e. The quantitative estimate of drug-likeness (QED) is 0.795. The molecule has 5 nitrogen and oxygen atoms in total. The van der Waals surface area contributed by atoms with Crippen LogP contribution in [0.3, 0.4) is 0 Å². The first-order valence-electron chi connectivity index (χ1n) is 8.01. The summed E-state index contributed by atoms with van der Waals surface area (Å²) in [5.74, 6) is -0.267. The van der Waals surface area contributed by atoms with Crippen LogP contribution in [0.2, 0.25) is 0 Å². The lowest BCUT2D eigenvalue weighted by atomic mass is 10.1. The molecule has 0 radical (unpaired) electrons. The number of hydrogen-bond acceptors (Lipinski definition) is 3. The minimum Gasteiger partial charge on any atom is -0.345 e. The molecule has 0 spiro atoms. The normalized spacial score (nSPS) is 11.6. The number of para-hydroxylation sites is 1. The summed E-state index contributed by atoms with van der Waals surface area (Å²) in [6.45, 7) is 3.88. The number of nitrogens with zero attached hydrogens (tertiary/aromatic N) is 3. The molecule has 2 aromatic carbocycles. The highest BCUT2D eigenvalue weighted by atomic mass is 16.1. The van der Waals surface area contributed by atoms with Gasteiger partial charge >= 0.3 is 0 Å². The van der Waals surface area contributed by atoms with Crippen molar-refractivity contribution in [1.82, 2.24) is 15.1 Å². The molecule has 1 unspecified atom stereocenters. The molecule has 1 heterocycles. The van der Waals surface area contributed by atoms with E-state index in [-0.39, 0.29) is 11.9 Å². The molecule has 0 saturated carbocycles. The Bertz CT molecular complexity index is 938. The van der Waals surface area contributed by atoms with Gasteiger partial charge in [-0.25, -0.2) is 4.68 Å². The van der Waals surface area contributed by atoms with E-state index in [1.165, 1.54) is 0 Å². The molecule has 124 valence electrons. The van der Waals surface area contributed by atoms with E-state index in [1.54, 1.807) is 30.5 Å². The van der Waals surface area contributed by atoms with E-state index < -0.39 is 0 Å². The van der Waals surface area contributed by atoms with Crippen LogP contribution in [0, 0.1) is 18.3 Å². The van der Waals surface area contributed by atoms with Gasteiger partial charge in [0.25, 0.3) is 5.91 Å². The Morgan fingerprint density at radius 3 is 2.56 bits per heavy atom. The first kappa shape index (κ1) is 16.5. The number of nitrogens with one attached hydrogen (secondary N) is 1. The van der Waals surface area contributed by atoms with E-state index in [1.807, 2.05) is 54.9 Å². The third-order valence-electron chi connectivity index (χ3n) is 4.15. The molecule has 1 aromatic heterocycles. The van der Waals surface area contributed by atoms with Crippen molar-refractivity contribution in [3.63, 3.8) is 0 Å². The van der Waals surface area contributed by atoms with Gasteiger partial charge in [0.15, 0.2) is 0 Å². The Morgan fingerprint density at radius 1 is 1.16 bits per heavy atom. The highest BCUT2D eigenvalue weighted by Gasteiger charge is 2.18. The van der Waals surface area contributed by atoms with Gasteiger partial charge in [-0.2, -0.15) is 10.4 Å². The topological polar surface area (TPSA) is 70.7 Å². The molecule has 3 aromatic rings. The summed E-state index contributed by atoms with van der Waals surface area (Å²) in [5, 5.41) is 16.5. The fourth-order valence-corrected chi connectivity index (χ4v) is 2.81. The SMILES string of the molecule is Cc1c(C(C)NC(=O)c2ccccc2C#N)cnn1-c1ccccc1. The molecule has 0 aliphatic rings. The molecule has 0 fully saturated rings. The van der Waals surface area contributed by atoms with Crippen molar-refractivity contribution in [2.75, 3.05) is 0 Å². The summed E-state index contributed by atoms with van der Waals surface area (Å²) in [6, 6.07) is 18.4. The van der Waals surface area contributed by atoms with E-state index in [0.717, 1.165) is 16.9 Å². The molecular formula is C20H18N4O. The van der Waals surface area contributed by atoms with Crippen molar-refractivity contribution in [2.45, 2.75) is 19.9 Å². The van der Waals surface area contributed by atoms with Crippen LogP contribution in [0.15, 0.2) is 60.8 Å². The van der Waals surface area contributed by atoms with Gasteiger partial charge in [0.2, 0.25) is 0 Å². The fraction of sp³-hybridized carbons (Fsp3) is 0.150. The Balaban J connectivity index is 1.83. The summed E-state index contributed by atoms with van der Waals surface area (Å²) in [7, 11) is 0.